The van der Waals surface area contributed by atoms with Crippen molar-refractivity contribution < 1.29 is 9.53 Å². The second-order valence-corrected chi connectivity index (χ2v) is 6.10. The number of methoxy groups -OCH3 is 1. The largest absolute Gasteiger partial charge is 0.468 e. The fraction of sp³-hybridized carbons (Fsp3) is 0.933. The zero-order chi connectivity index (χ0) is 13.7. The number of nitrogens with zero attached hydrogens (tertiary/aromatic N) is 1. The number of ether oxygens (including phenoxy) is 1. The molecule has 4 nitrogen and oxygen atoms in total. The number of nitrogens with one attached hydrogen (secondary N) is 1. The molecule has 0 aromatic rings. The van der Waals surface area contributed by atoms with E-state index in [0.717, 1.165) is 6.54 Å². The van der Waals surface area contributed by atoms with Gasteiger partial charge in [0.2, 0.25) is 0 Å². The molecule has 0 saturated heterocycles. The van der Waals surface area contributed by atoms with E-state index in [-0.39, 0.29) is 12.0 Å². The van der Waals surface area contributed by atoms with E-state index in [2.05, 4.69) is 17.3 Å². The van der Waals surface area contributed by atoms with Gasteiger partial charge in [-0.05, 0) is 32.7 Å². The summed E-state index contributed by atoms with van der Waals surface area (Å²) >= 11 is 0. The summed E-state index contributed by atoms with van der Waals surface area (Å²) in [6.45, 7) is 0.772. The Labute approximate surface area is 116 Å². The van der Waals surface area contributed by atoms with Crippen molar-refractivity contribution in [2.45, 2.75) is 69.5 Å². The second kappa shape index (κ2) is 7.25. The molecule has 2 saturated carbocycles. The molecule has 0 aromatic carbocycles. The fourth-order valence-corrected chi connectivity index (χ4v) is 3.01. The number of esters is 1. The van der Waals surface area contributed by atoms with E-state index in [1.54, 1.807) is 0 Å². The Morgan fingerprint density at radius 3 is 2.37 bits per heavy atom. The zero-order valence-electron chi connectivity index (χ0n) is 12.4. The number of hydrogen-bond acceptors (Lipinski definition) is 4. The van der Waals surface area contributed by atoms with Crippen molar-refractivity contribution >= 4 is 5.97 Å². The number of likely N-dealkylation sites (N-methyl/N-ethyl adjacent to an activating group) is 1. The first kappa shape index (κ1) is 14.8. The number of carbonyl (C=O) groups excluding carboxylic acids is 1. The van der Waals surface area contributed by atoms with E-state index in [0.29, 0.717) is 12.1 Å². The van der Waals surface area contributed by atoms with Gasteiger partial charge in [-0.2, -0.15) is 0 Å². The van der Waals surface area contributed by atoms with Crippen LogP contribution in [-0.4, -0.2) is 49.7 Å². The maximum atomic E-state index is 11.9. The summed E-state index contributed by atoms with van der Waals surface area (Å²) in [5.41, 5.74) is 0. The molecule has 2 aliphatic carbocycles. The molecule has 2 fully saturated rings. The Hall–Kier alpha value is -0.610. The van der Waals surface area contributed by atoms with Crippen molar-refractivity contribution in [3.05, 3.63) is 0 Å². The third-order valence-electron chi connectivity index (χ3n) is 4.42. The minimum atomic E-state index is -0.161. The summed E-state index contributed by atoms with van der Waals surface area (Å²) in [6, 6.07) is 1.01. The van der Waals surface area contributed by atoms with Gasteiger partial charge < -0.3 is 15.0 Å². The third-order valence-corrected chi connectivity index (χ3v) is 4.42. The van der Waals surface area contributed by atoms with Crippen LogP contribution in [0.3, 0.4) is 0 Å². The Balaban J connectivity index is 1.84. The lowest BCUT2D eigenvalue weighted by atomic mass is 10.1. The molecular weight excluding hydrogens is 240 g/mol. The molecule has 0 radical (unpaired) electrons. The molecule has 0 bridgehead atoms. The molecule has 19 heavy (non-hydrogen) atoms. The van der Waals surface area contributed by atoms with Crippen LogP contribution in [0, 0.1) is 0 Å². The highest BCUT2D eigenvalue weighted by Gasteiger charge is 2.31. The van der Waals surface area contributed by atoms with Gasteiger partial charge in [0.15, 0.2) is 0 Å². The van der Waals surface area contributed by atoms with Crippen molar-refractivity contribution in [1.29, 1.82) is 0 Å². The Kier molecular flexibility index (Phi) is 5.64. The van der Waals surface area contributed by atoms with Crippen molar-refractivity contribution in [2.75, 3.05) is 20.7 Å². The Bertz CT molecular complexity index is 284. The Morgan fingerprint density at radius 2 is 1.84 bits per heavy atom. The summed E-state index contributed by atoms with van der Waals surface area (Å²) in [5.74, 6) is -0.118. The predicted octanol–water partition coefficient (Wildman–Crippen LogP) is 1.93. The van der Waals surface area contributed by atoms with E-state index < -0.39 is 0 Å². The molecule has 0 spiro atoms. The molecule has 1 unspecified atom stereocenters. The average Bonchev–Trinajstić information content (AvgIpc) is 3.23. The van der Waals surface area contributed by atoms with Gasteiger partial charge in [0.25, 0.3) is 0 Å². The van der Waals surface area contributed by atoms with Crippen LogP contribution in [0.25, 0.3) is 0 Å². The van der Waals surface area contributed by atoms with Crippen molar-refractivity contribution in [1.82, 2.24) is 10.2 Å². The van der Waals surface area contributed by atoms with Gasteiger partial charge in [0.1, 0.15) is 6.04 Å². The van der Waals surface area contributed by atoms with Crippen LogP contribution >= 0.6 is 0 Å². The van der Waals surface area contributed by atoms with Crippen LogP contribution in [0.5, 0.6) is 0 Å². The first-order valence-electron chi connectivity index (χ1n) is 7.75. The van der Waals surface area contributed by atoms with Crippen molar-refractivity contribution in [3.8, 4) is 0 Å². The summed E-state index contributed by atoms with van der Waals surface area (Å²) in [4.78, 5) is 14.2. The highest BCUT2D eigenvalue weighted by Crippen LogP contribution is 2.22. The quantitative estimate of drug-likeness (QED) is 0.590. The SMILES string of the molecule is COC(=O)C(CN(C)C1CCCCCC1)NC1CC1. The molecule has 2 aliphatic rings. The van der Waals surface area contributed by atoms with E-state index >= 15 is 0 Å². The van der Waals surface area contributed by atoms with E-state index in [4.69, 9.17) is 4.74 Å². The molecule has 4 heteroatoms. The zero-order valence-corrected chi connectivity index (χ0v) is 12.4. The molecule has 2 rings (SSSR count). The van der Waals surface area contributed by atoms with E-state index in [1.807, 2.05) is 0 Å². The van der Waals surface area contributed by atoms with Crippen LogP contribution in [-0.2, 0) is 9.53 Å². The van der Waals surface area contributed by atoms with E-state index in [1.165, 1.54) is 58.5 Å². The lowest BCUT2D eigenvalue weighted by molar-refractivity contribution is -0.143. The number of rotatable bonds is 6. The number of carbonyl (C=O) groups is 1. The van der Waals surface area contributed by atoms with Gasteiger partial charge in [-0.15, -0.1) is 0 Å². The third kappa shape index (κ3) is 4.77. The van der Waals surface area contributed by atoms with Crippen LogP contribution in [0.4, 0.5) is 0 Å². The van der Waals surface area contributed by atoms with Gasteiger partial charge in [0.05, 0.1) is 7.11 Å². The lowest BCUT2D eigenvalue weighted by Crippen LogP contribution is -2.49. The van der Waals surface area contributed by atoms with Gasteiger partial charge in [-0.3, -0.25) is 4.79 Å². The maximum absolute atomic E-state index is 11.9. The first-order valence-corrected chi connectivity index (χ1v) is 7.75. The second-order valence-electron chi connectivity index (χ2n) is 6.10. The standard InChI is InChI=1S/C15H28N2O2/c1-17(13-7-5-3-4-6-8-13)11-14(15(18)19-2)16-12-9-10-12/h12-14,16H,3-11H2,1-2H3. The van der Waals surface area contributed by atoms with Crippen LogP contribution in [0.2, 0.25) is 0 Å². The molecular formula is C15H28N2O2. The molecule has 1 N–H and O–H groups in total. The predicted molar refractivity (Wildman–Crippen MR) is 76.1 cm³/mol. The normalized spacial score (nSPS) is 23.1. The lowest BCUT2D eigenvalue weighted by Gasteiger charge is -2.30. The minimum absolute atomic E-state index is 0.118. The average molecular weight is 268 g/mol. The molecule has 0 heterocycles. The summed E-state index contributed by atoms with van der Waals surface area (Å²) < 4.78 is 4.93. The van der Waals surface area contributed by atoms with Gasteiger partial charge in [0, 0.05) is 18.6 Å². The smallest absolute Gasteiger partial charge is 0.324 e. The van der Waals surface area contributed by atoms with Crippen molar-refractivity contribution in [2.24, 2.45) is 0 Å². The van der Waals surface area contributed by atoms with Crippen LogP contribution in [0.1, 0.15) is 51.4 Å². The minimum Gasteiger partial charge on any atom is -0.468 e. The maximum Gasteiger partial charge on any atom is 0.324 e. The van der Waals surface area contributed by atoms with Crippen LogP contribution < -0.4 is 5.32 Å². The topological polar surface area (TPSA) is 41.6 Å². The summed E-state index contributed by atoms with van der Waals surface area (Å²) in [6.07, 6.45) is 10.3. The first-order chi connectivity index (χ1) is 9.20. The highest BCUT2D eigenvalue weighted by molar-refractivity contribution is 5.76. The molecule has 1 atom stereocenters. The fourth-order valence-electron chi connectivity index (χ4n) is 3.01. The van der Waals surface area contributed by atoms with Crippen molar-refractivity contribution in [3.63, 3.8) is 0 Å². The highest BCUT2D eigenvalue weighted by atomic mass is 16.5. The van der Waals surface area contributed by atoms with Gasteiger partial charge in [-0.25, -0.2) is 0 Å². The van der Waals surface area contributed by atoms with Crippen LogP contribution in [0.15, 0.2) is 0 Å². The Morgan fingerprint density at radius 1 is 1.21 bits per heavy atom. The molecule has 0 aromatic heterocycles. The summed E-state index contributed by atoms with van der Waals surface area (Å²) in [7, 11) is 3.63. The summed E-state index contributed by atoms with van der Waals surface area (Å²) in [5, 5.41) is 3.41. The molecule has 0 amide bonds. The van der Waals surface area contributed by atoms with Gasteiger partial charge in [-0.1, -0.05) is 25.7 Å². The van der Waals surface area contributed by atoms with E-state index in [9.17, 15) is 4.79 Å². The monoisotopic (exact) mass is 268 g/mol. The van der Waals surface area contributed by atoms with Gasteiger partial charge >= 0.3 is 5.97 Å². The molecule has 110 valence electrons. The number of hydrogen-bond donors (Lipinski definition) is 1. The molecule has 0 aliphatic heterocycles.